The number of thioether (sulfide) groups is 1. The summed E-state index contributed by atoms with van der Waals surface area (Å²) in [5.74, 6) is 0.246. The number of aromatic nitrogens is 2. The monoisotopic (exact) mass is 375 g/mol. The lowest BCUT2D eigenvalue weighted by atomic mass is 10.2. The number of benzene rings is 1. The zero-order chi connectivity index (χ0) is 17.9. The normalized spacial score (nSPS) is 16.5. The van der Waals surface area contributed by atoms with Gasteiger partial charge in [-0.3, -0.25) is 4.79 Å². The second-order valence-electron chi connectivity index (χ2n) is 4.95. The largest absolute Gasteiger partial charge is 0.485 e. The van der Waals surface area contributed by atoms with Gasteiger partial charge in [0.1, 0.15) is 13.2 Å². The predicted molar refractivity (Wildman–Crippen MR) is 79.4 cm³/mol. The van der Waals surface area contributed by atoms with Crippen molar-refractivity contribution < 1.29 is 31.9 Å². The summed E-state index contributed by atoms with van der Waals surface area (Å²) in [6.45, 7) is -1.20. The highest BCUT2D eigenvalue weighted by Crippen LogP contribution is 2.35. The van der Waals surface area contributed by atoms with Gasteiger partial charge in [-0.05, 0) is 12.1 Å². The minimum atomic E-state index is -4.45. The van der Waals surface area contributed by atoms with E-state index < -0.39 is 24.7 Å². The molecule has 0 saturated heterocycles. The zero-order valence-corrected chi connectivity index (χ0v) is 13.4. The average Bonchev–Trinajstić information content (AvgIpc) is 3.06. The first-order chi connectivity index (χ1) is 11.9. The lowest BCUT2D eigenvalue weighted by molar-refractivity contribution is -0.136. The smallest absolute Gasteiger partial charge is 0.405 e. The van der Waals surface area contributed by atoms with Crippen LogP contribution in [-0.2, 0) is 4.79 Å². The maximum Gasteiger partial charge on any atom is 0.405 e. The molecule has 2 heterocycles. The van der Waals surface area contributed by atoms with Crippen LogP contribution in [0.2, 0.25) is 0 Å². The van der Waals surface area contributed by atoms with Gasteiger partial charge in [0, 0.05) is 0 Å². The van der Waals surface area contributed by atoms with Gasteiger partial charge in [0.15, 0.2) is 11.5 Å². The van der Waals surface area contributed by atoms with Crippen LogP contribution in [0, 0.1) is 0 Å². The molecule has 3 rings (SSSR count). The van der Waals surface area contributed by atoms with Gasteiger partial charge in [-0.15, -0.1) is 10.2 Å². The summed E-state index contributed by atoms with van der Waals surface area (Å²) in [7, 11) is 0. The first kappa shape index (κ1) is 17.4. The molecule has 0 radical (unpaired) electrons. The number of hydrogen-bond donors (Lipinski definition) is 1. The summed E-state index contributed by atoms with van der Waals surface area (Å²) in [5, 5.41) is 9.37. The third-order valence-electron chi connectivity index (χ3n) is 3.02. The molecule has 1 N–H and O–H groups in total. The Morgan fingerprint density at radius 3 is 2.80 bits per heavy atom. The second-order valence-corrected chi connectivity index (χ2v) is 5.88. The van der Waals surface area contributed by atoms with Gasteiger partial charge < -0.3 is 19.2 Å². The molecule has 1 aromatic carbocycles. The molecular weight excluding hydrogens is 363 g/mol. The molecule has 25 heavy (non-hydrogen) atoms. The molecule has 0 saturated carbocycles. The van der Waals surface area contributed by atoms with Crippen molar-refractivity contribution in [2.24, 2.45) is 0 Å². The van der Waals surface area contributed by atoms with E-state index in [1.165, 1.54) is 0 Å². The van der Waals surface area contributed by atoms with E-state index >= 15 is 0 Å². The zero-order valence-electron chi connectivity index (χ0n) is 12.6. The molecule has 1 aliphatic rings. The van der Waals surface area contributed by atoms with Crippen molar-refractivity contribution in [2.45, 2.75) is 17.5 Å². The molecule has 0 bridgehead atoms. The predicted octanol–water partition coefficient (Wildman–Crippen LogP) is 2.35. The first-order valence-corrected chi connectivity index (χ1v) is 8.07. The molecule has 1 aromatic heterocycles. The van der Waals surface area contributed by atoms with E-state index in [4.69, 9.17) is 13.9 Å². The van der Waals surface area contributed by atoms with E-state index in [2.05, 4.69) is 10.2 Å². The topological polar surface area (TPSA) is 86.5 Å². The van der Waals surface area contributed by atoms with Crippen molar-refractivity contribution in [3.8, 4) is 11.5 Å². The summed E-state index contributed by atoms with van der Waals surface area (Å²) in [5.41, 5.74) is 0. The third kappa shape index (κ3) is 4.78. The molecule has 0 fully saturated rings. The Kier molecular flexibility index (Phi) is 5.02. The number of ether oxygens (including phenoxy) is 2. The van der Waals surface area contributed by atoms with Gasteiger partial charge in [0.05, 0.1) is 5.75 Å². The van der Waals surface area contributed by atoms with Gasteiger partial charge in [-0.25, -0.2) is 0 Å². The van der Waals surface area contributed by atoms with Crippen LogP contribution in [0.1, 0.15) is 12.0 Å². The minimum Gasteiger partial charge on any atom is -0.485 e. The van der Waals surface area contributed by atoms with Crippen LogP contribution in [0.25, 0.3) is 0 Å². The molecule has 1 aliphatic heterocycles. The Morgan fingerprint density at radius 2 is 2.04 bits per heavy atom. The van der Waals surface area contributed by atoms with Crippen LogP contribution in [0.3, 0.4) is 0 Å². The van der Waals surface area contributed by atoms with Crippen LogP contribution in [0.5, 0.6) is 11.5 Å². The summed E-state index contributed by atoms with van der Waals surface area (Å²) in [6.07, 6.45) is -5.05. The van der Waals surface area contributed by atoms with Gasteiger partial charge in [0.25, 0.3) is 11.1 Å². The quantitative estimate of drug-likeness (QED) is 0.803. The van der Waals surface area contributed by atoms with Crippen molar-refractivity contribution in [1.29, 1.82) is 0 Å². The number of halogens is 3. The SMILES string of the molecule is O=C(CSc1nnc([C@@H]2COc3ccccc3O2)o1)NCC(F)(F)F. The second kappa shape index (κ2) is 7.21. The molecule has 2 aromatic rings. The fourth-order valence-electron chi connectivity index (χ4n) is 1.93. The fourth-order valence-corrected chi connectivity index (χ4v) is 2.53. The van der Waals surface area contributed by atoms with E-state index in [0.29, 0.717) is 11.5 Å². The molecule has 0 unspecified atom stereocenters. The maximum atomic E-state index is 12.0. The Labute approximate surface area is 143 Å². The van der Waals surface area contributed by atoms with Crippen LogP contribution in [-0.4, -0.2) is 41.2 Å². The molecule has 11 heteroatoms. The number of carbonyl (C=O) groups excluding carboxylic acids is 1. The van der Waals surface area contributed by atoms with Gasteiger partial charge in [-0.2, -0.15) is 13.2 Å². The molecule has 1 amide bonds. The molecule has 0 spiro atoms. The van der Waals surface area contributed by atoms with Gasteiger partial charge >= 0.3 is 6.18 Å². The number of para-hydroxylation sites is 2. The van der Waals surface area contributed by atoms with Crippen molar-refractivity contribution >= 4 is 17.7 Å². The summed E-state index contributed by atoms with van der Waals surface area (Å²) in [4.78, 5) is 11.3. The molecule has 7 nitrogen and oxygen atoms in total. The molecular formula is C14H12F3N3O4S. The van der Waals surface area contributed by atoms with Crippen LogP contribution < -0.4 is 14.8 Å². The lowest BCUT2D eigenvalue weighted by Gasteiger charge is -2.23. The van der Waals surface area contributed by atoms with Gasteiger partial charge in [-0.1, -0.05) is 23.9 Å². The van der Waals surface area contributed by atoms with E-state index in [1.54, 1.807) is 23.5 Å². The molecule has 134 valence electrons. The number of fused-ring (bicyclic) bond motifs is 1. The number of hydrogen-bond acceptors (Lipinski definition) is 7. The fraction of sp³-hybridized carbons (Fsp3) is 0.357. The minimum absolute atomic E-state index is 0.0552. The number of nitrogens with zero attached hydrogens (tertiary/aromatic N) is 2. The Balaban J connectivity index is 1.52. The lowest BCUT2D eigenvalue weighted by Crippen LogP contribution is -2.34. The van der Waals surface area contributed by atoms with E-state index in [-0.39, 0.29) is 23.5 Å². The van der Waals surface area contributed by atoms with Crippen molar-refractivity contribution in [2.75, 3.05) is 18.9 Å². The van der Waals surface area contributed by atoms with E-state index in [0.717, 1.165) is 11.8 Å². The molecule has 1 atom stereocenters. The highest BCUT2D eigenvalue weighted by atomic mass is 32.2. The average molecular weight is 375 g/mol. The van der Waals surface area contributed by atoms with Gasteiger partial charge in [0.2, 0.25) is 12.0 Å². The summed E-state index contributed by atoms with van der Waals surface area (Å²) >= 11 is 0.834. The van der Waals surface area contributed by atoms with E-state index in [1.807, 2.05) is 6.07 Å². The molecule has 0 aliphatic carbocycles. The standard InChI is InChI=1S/C14H12F3N3O4S/c15-14(16,17)7-18-11(21)6-25-13-20-19-12(24-13)10-5-22-8-3-1-2-4-9(8)23-10/h1-4,10H,5-7H2,(H,18,21)/t10-/m0/s1. The highest BCUT2D eigenvalue weighted by Gasteiger charge is 2.29. The number of alkyl halides is 3. The Bertz CT molecular complexity index is 753. The summed E-state index contributed by atoms with van der Waals surface area (Å²) in [6, 6.07) is 7.10. The summed E-state index contributed by atoms with van der Waals surface area (Å²) < 4.78 is 52.6. The third-order valence-corrected chi connectivity index (χ3v) is 3.84. The number of nitrogens with one attached hydrogen (secondary N) is 1. The Morgan fingerprint density at radius 1 is 1.28 bits per heavy atom. The number of carbonyl (C=O) groups is 1. The van der Waals surface area contributed by atoms with Crippen LogP contribution >= 0.6 is 11.8 Å². The highest BCUT2D eigenvalue weighted by molar-refractivity contribution is 7.99. The van der Waals surface area contributed by atoms with E-state index in [9.17, 15) is 18.0 Å². The van der Waals surface area contributed by atoms with Crippen LogP contribution in [0.15, 0.2) is 33.9 Å². The van der Waals surface area contributed by atoms with Crippen LogP contribution in [0.4, 0.5) is 13.2 Å². The Hall–Kier alpha value is -2.43. The number of rotatable bonds is 5. The van der Waals surface area contributed by atoms with Crippen molar-refractivity contribution in [3.05, 3.63) is 30.2 Å². The van der Waals surface area contributed by atoms with Crippen molar-refractivity contribution in [3.63, 3.8) is 0 Å². The maximum absolute atomic E-state index is 12.0. The van der Waals surface area contributed by atoms with Crippen molar-refractivity contribution in [1.82, 2.24) is 15.5 Å². The number of amides is 1. The first-order valence-electron chi connectivity index (χ1n) is 7.09.